The highest BCUT2D eigenvalue weighted by atomic mass is 19.4. The van der Waals surface area contributed by atoms with Gasteiger partial charge in [-0.1, -0.05) is 29.9 Å². The Labute approximate surface area is 229 Å². The van der Waals surface area contributed by atoms with Gasteiger partial charge >= 0.3 is 12.2 Å². The fraction of sp³-hybridized carbons (Fsp3) is 0.241. The van der Waals surface area contributed by atoms with E-state index in [-0.39, 0.29) is 22.9 Å². The van der Waals surface area contributed by atoms with Gasteiger partial charge in [0.15, 0.2) is 5.78 Å². The lowest BCUT2D eigenvalue weighted by Crippen LogP contribution is -2.35. The molecule has 1 aliphatic rings. The molecule has 0 saturated carbocycles. The fourth-order valence-electron chi connectivity index (χ4n) is 3.59. The number of carbonyl (C=O) groups excluding carboxylic acids is 3. The molecule has 1 aromatic heterocycles. The van der Waals surface area contributed by atoms with Gasteiger partial charge in [-0.2, -0.15) is 13.2 Å². The summed E-state index contributed by atoms with van der Waals surface area (Å²) < 4.78 is 46.1. The molecular formula is C29H29F3N4O4. The monoisotopic (exact) mass is 554 g/mol. The predicted molar refractivity (Wildman–Crippen MR) is 145 cm³/mol. The minimum atomic E-state index is -4.70. The summed E-state index contributed by atoms with van der Waals surface area (Å²) in [4.78, 5) is 41.0. The number of nitrogens with one attached hydrogen (secondary N) is 3. The summed E-state index contributed by atoms with van der Waals surface area (Å²) in [7, 11) is 0. The van der Waals surface area contributed by atoms with Gasteiger partial charge in [-0.15, -0.1) is 0 Å². The van der Waals surface area contributed by atoms with E-state index in [2.05, 4.69) is 20.9 Å². The highest BCUT2D eigenvalue weighted by Gasteiger charge is 2.32. The Morgan fingerprint density at radius 3 is 2.60 bits per heavy atom. The SMILES string of the molecule is CCNC(=O)c1cc(O/C2=C/C=CC(NC(=O)Nc3cc(C(=O)C=C(C)C)cc(C(F)(F)F)c3)C=CC2)ccn1. The summed E-state index contributed by atoms with van der Waals surface area (Å²) in [5.41, 5.74) is -0.559. The number of anilines is 1. The van der Waals surface area contributed by atoms with E-state index in [9.17, 15) is 27.6 Å². The highest BCUT2D eigenvalue weighted by molar-refractivity contribution is 6.06. The molecule has 3 amide bonds. The van der Waals surface area contributed by atoms with Gasteiger partial charge in [0.05, 0.1) is 11.6 Å². The maximum Gasteiger partial charge on any atom is 0.416 e. The molecule has 210 valence electrons. The van der Waals surface area contributed by atoms with Gasteiger partial charge in [-0.3, -0.25) is 14.6 Å². The van der Waals surface area contributed by atoms with E-state index < -0.39 is 29.6 Å². The number of benzene rings is 1. The average Bonchev–Trinajstić information content (AvgIpc) is 2.86. The number of nitrogens with zero attached hydrogens (tertiary/aromatic N) is 1. The average molecular weight is 555 g/mol. The van der Waals surface area contributed by atoms with Crippen LogP contribution >= 0.6 is 0 Å². The lowest BCUT2D eigenvalue weighted by molar-refractivity contribution is -0.137. The number of alkyl halides is 3. The highest BCUT2D eigenvalue weighted by Crippen LogP contribution is 2.32. The molecule has 8 nitrogen and oxygen atoms in total. The largest absolute Gasteiger partial charge is 0.461 e. The van der Waals surface area contributed by atoms with E-state index in [0.29, 0.717) is 30.0 Å². The minimum absolute atomic E-state index is 0.170. The van der Waals surface area contributed by atoms with E-state index in [1.165, 1.54) is 24.4 Å². The van der Waals surface area contributed by atoms with Crippen LogP contribution in [0.2, 0.25) is 0 Å². The summed E-state index contributed by atoms with van der Waals surface area (Å²) in [5.74, 6) is 0.0910. The Hall–Kier alpha value is -4.67. The summed E-state index contributed by atoms with van der Waals surface area (Å²) >= 11 is 0. The third-order valence-corrected chi connectivity index (χ3v) is 5.33. The Morgan fingerprint density at radius 2 is 1.90 bits per heavy atom. The van der Waals surface area contributed by atoms with Crippen LogP contribution in [-0.4, -0.2) is 35.3 Å². The molecule has 1 aromatic carbocycles. The zero-order valence-corrected chi connectivity index (χ0v) is 22.1. The number of pyridine rings is 1. The van der Waals surface area contributed by atoms with Crippen LogP contribution in [-0.2, 0) is 6.18 Å². The van der Waals surface area contributed by atoms with Crippen LogP contribution in [0.25, 0.3) is 0 Å². The van der Waals surface area contributed by atoms with Crippen molar-refractivity contribution in [2.45, 2.75) is 39.4 Å². The molecule has 40 heavy (non-hydrogen) atoms. The van der Waals surface area contributed by atoms with Crippen LogP contribution in [0.4, 0.5) is 23.7 Å². The number of amides is 3. The topological polar surface area (TPSA) is 109 Å². The summed E-state index contributed by atoms with van der Waals surface area (Å²) in [6.07, 6.45) is 6.82. The second kappa shape index (κ2) is 13.4. The number of ketones is 1. The predicted octanol–water partition coefficient (Wildman–Crippen LogP) is 5.97. The lowest BCUT2D eigenvalue weighted by Gasteiger charge is -2.16. The van der Waals surface area contributed by atoms with Crippen LogP contribution in [0.3, 0.4) is 0 Å². The molecule has 0 aliphatic heterocycles. The molecule has 0 bridgehead atoms. The molecule has 3 rings (SSSR count). The molecule has 1 unspecified atom stereocenters. The molecular weight excluding hydrogens is 525 g/mol. The summed E-state index contributed by atoms with van der Waals surface area (Å²) in [5, 5.41) is 7.70. The normalized spacial score (nSPS) is 16.1. The van der Waals surface area contributed by atoms with Gasteiger partial charge < -0.3 is 20.7 Å². The number of rotatable bonds is 8. The third-order valence-electron chi connectivity index (χ3n) is 5.33. The quantitative estimate of drug-likeness (QED) is 0.212. The van der Waals surface area contributed by atoms with E-state index >= 15 is 0 Å². The maximum absolute atomic E-state index is 13.4. The van der Waals surface area contributed by atoms with E-state index in [0.717, 1.165) is 12.1 Å². The van der Waals surface area contributed by atoms with Gasteiger partial charge in [0.25, 0.3) is 5.91 Å². The molecule has 0 spiro atoms. The van der Waals surface area contributed by atoms with Gasteiger partial charge in [-0.25, -0.2) is 4.79 Å². The van der Waals surface area contributed by atoms with Crippen LogP contribution in [0.5, 0.6) is 5.75 Å². The van der Waals surface area contributed by atoms with Crippen LogP contribution < -0.4 is 20.7 Å². The fourth-order valence-corrected chi connectivity index (χ4v) is 3.59. The Bertz CT molecular complexity index is 1390. The van der Waals surface area contributed by atoms with Crippen molar-refractivity contribution in [2.75, 3.05) is 11.9 Å². The van der Waals surface area contributed by atoms with Crippen molar-refractivity contribution in [1.82, 2.24) is 15.6 Å². The second-order valence-electron chi connectivity index (χ2n) is 9.00. The van der Waals surface area contributed by atoms with Gasteiger partial charge in [0.2, 0.25) is 0 Å². The third kappa shape index (κ3) is 8.97. The van der Waals surface area contributed by atoms with Crippen molar-refractivity contribution in [1.29, 1.82) is 0 Å². The number of ether oxygens (including phenoxy) is 1. The summed E-state index contributed by atoms with van der Waals surface area (Å²) in [6.45, 7) is 5.58. The number of urea groups is 1. The first kappa shape index (κ1) is 29.9. The number of hydrogen-bond donors (Lipinski definition) is 3. The number of allylic oxidation sites excluding steroid dienone is 5. The molecule has 1 aliphatic carbocycles. The summed E-state index contributed by atoms with van der Waals surface area (Å²) in [6, 6.07) is 4.55. The van der Waals surface area contributed by atoms with Crippen molar-refractivity contribution < 1.29 is 32.3 Å². The van der Waals surface area contributed by atoms with Crippen molar-refractivity contribution >= 4 is 23.4 Å². The first-order valence-corrected chi connectivity index (χ1v) is 12.4. The zero-order chi connectivity index (χ0) is 29.3. The first-order valence-electron chi connectivity index (χ1n) is 12.4. The molecule has 3 N–H and O–H groups in total. The smallest absolute Gasteiger partial charge is 0.416 e. The number of aromatic nitrogens is 1. The molecule has 1 atom stereocenters. The van der Waals surface area contributed by atoms with Crippen LogP contribution in [0, 0.1) is 0 Å². The number of halogens is 3. The Kier molecular flexibility index (Phi) is 10.0. The minimum Gasteiger partial charge on any atom is -0.461 e. The van der Waals surface area contributed by atoms with Crippen molar-refractivity contribution in [3.05, 3.63) is 101 Å². The molecule has 0 fully saturated rings. The van der Waals surface area contributed by atoms with Crippen LogP contribution in [0.15, 0.2) is 84.3 Å². The van der Waals surface area contributed by atoms with Gasteiger partial charge in [0, 0.05) is 36.5 Å². The zero-order valence-electron chi connectivity index (χ0n) is 22.1. The first-order chi connectivity index (χ1) is 18.9. The van der Waals surface area contributed by atoms with Gasteiger partial charge in [0.1, 0.15) is 17.2 Å². The maximum atomic E-state index is 13.4. The second-order valence-corrected chi connectivity index (χ2v) is 9.00. The number of hydrogen-bond acceptors (Lipinski definition) is 5. The van der Waals surface area contributed by atoms with Crippen molar-refractivity contribution in [3.8, 4) is 5.75 Å². The molecule has 11 heteroatoms. The van der Waals surface area contributed by atoms with E-state index in [4.69, 9.17) is 4.74 Å². The molecule has 1 heterocycles. The number of carbonyl (C=O) groups is 3. The standard InChI is InChI=1S/C29H29F3N4O4/c1-4-33-27(38)25-17-24(11-12-34-25)40-23-9-5-7-21(8-6-10-23)35-28(39)36-22-15-19(26(37)13-18(2)3)14-20(16-22)29(30,31)32/h5-9,11-17,21H,4,10H2,1-3H3,(H,33,38)(H2,35,36,39)/b7-5?,8-6?,23-9+. The van der Waals surface area contributed by atoms with E-state index in [1.54, 1.807) is 57.2 Å². The molecule has 2 aromatic rings. The van der Waals surface area contributed by atoms with Crippen molar-refractivity contribution in [3.63, 3.8) is 0 Å². The Morgan fingerprint density at radius 1 is 1.12 bits per heavy atom. The van der Waals surface area contributed by atoms with Gasteiger partial charge in [-0.05, 0) is 57.2 Å². The van der Waals surface area contributed by atoms with Crippen molar-refractivity contribution in [2.24, 2.45) is 0 Å². The Balaban J connectivity index is 1.67. The van der Waals surface area contributed by atoms with E-state index in [1.807, 2.05) is 0 Å². The molecule has 0 saturated heterocycles. The van der Waals surface area contributed by atoms with Crippen LogP contribution in [0.1, 0.15) is 53.6 Å². The lowest BCUT2D eigenvalue weighted by atomic mass is 10.0. The molecule has 0 radical (unpaired) electrons.